The SMILES string of the molecule is Cc1sc(NC(=O)c2ccc(C3SCCS3)cc2)nc1-c1ccc(Br)cc1. The van der Waals surface area contributed by atoms with Crippen molar-refractivity contribution in [2.75, 3.05) is 16.8 Å². The second-order valence-corrected chi connectivity index (χ2v) is 10.9. The van der Waals surface area contributed by atoms with Crippen LogP contribution in [0.25, 0.3) is 11.3 Å². The number of rotatable bonds is 4. The third-order valence-corrected chi connectivity index (χ3v) is 8.72. The predicted octanol–water partition coefficient (Wildman–Crippen LogP) is 6.61. The summed E-state index contributed by atoms with van der Waals surface area (Å²) in [5, 5.41) is 3.56. The lowest BCUT2D eigenvalue weighted by Gasteiger charge is -2.09. The highest BCUT2D eigenvalue weighted by Gasteiger charge is 2.19. The van der Waals surface area contributed by atoms with Crippen LogP contribution in [0.2, 0.25) is 0 Å². The Bertz CT molecular complexity index is 948. The molecule has 4 rings (SSSR count). The largest absolute Gasteiger partial charge is 0.298 e. The fraction of sp³-hybridized carbons (Fsp3) is 0.200. The zero-order valence-corrected chi connectivity index (χ0v) is 18.6. The van der Waals surface area contributed by atoms with E-state index in [1.165, 1.54) is 28.4 Å². The van der Waals surface area contributed by atoms with Crippen LogP contribution in [0, 0.1) is 6.92 Å². The van der Waals surface area contributed by atoms with Gasteiger partial charge in [-0.1, -0.05) is 40.2 Å². The molecule has 0 aliphatic carbocycles. The molecule has 2 heterocycles. The number of nitrogens with zero attached hydrogens (tertiary/aromatic N) is 1. The highest BCUT2D eigenvalue weighted by molar-refractivity contribution is 9.10. The maximum absolute atomic E-state index is 12.6. The van der Waals surface area contributed by atoms with Crippen molar-refractivity contribution in [3.05, 3.63) is 69.0 Å². The summed E-state index contributed by atoms with van der Waals surface area (Å²) in [6, 6.07) is 16.0. The van der Waals surface area contributed by atoms with Gasteiger partial charge < -0.3 is 0 Å². The molecule has 3 aromatic rings. The van der Waals surface area contributed by atoms with Crippen molar-refractivity contribution in [1.29, 1.82) is 0 Å². The number of hydrogen-bond acceptors (Lipinski definition) is 5. The van der Waals surface area contributed by atoms with E-state index in [-0.39, 0.29) is 5.91 Å². The van der Waals surface area contributed by atoms with Crippen molar-refractivity contribution < 1.29 is 4.79 Å². The van der Waals surface area contributed by atoms with Crippen LogP contribution in [0.5, 0.6) is 0 Å². The molecule has 138 valence electrons. The minimum atomic E-state index is -0.121. The van der Waals surface area contributed by atoms with E-state index in [0.29, 0.717) is 15.3 Å². The molecule has 1 aliphatic heterocycles. The Morgan fingerprint density at radius 2 is 1.74 bits per heavy atom. The smallest absolute Gasteiger partial charge is 0.257 e. The van der Waals surface area contributed by atoms with Crippen molar-refractivity contribution in [2.45, 2.75) is 11.5 Å². The third kappa shape index (κ3) is 4.42. The Morgan fingerprint density at radius 1 is 1.07 bits per heavy atom. The standard InChI is InChI=1S/C20H17BrN2OS3/c1-12-17(13-6-8-16(21)9-7-13)22-20(27-12)23-18(24)14-2-4-15(5-3-14)19-25-10-11-26-19/h2-9,19H,10-11H2,1H3,(H,22,23,24). The average molecular weight is 477 g/mol. The highest BCUT2D eigenvalue weighted by Crippen LogP contribution is 2.45. The molecule has 1 N–H and O–H groups in total. The molecule has 2 aromatic carbocycles. The number of carbonyl (C=O) groups is 1. The number of aryl methyl sites for hydroxylation is 1. The van der Waals surface area contributed by atoms with E-state index in [2.05, 4.69) is 38.4 Å². The van der Waals surface area contributed by atoms with Gasteiger partial charge in [-0.15, -0.1) is 34.9 Å². The van der Waals surface area contributed by atoms with Gasteiger partial charge in [-0.25, -0.2) is 4.98 Å². The summed E-state index contributed by atoms with van der Waals surface area (Å²) in [5.74, 6) is 2.27. The summed E-state index contributed by atoms with van der Waals surface area (Å²) in [6.45, 7) is 2.02. The Labute approximate surface area is 179 Å². The molecule has 0 unspecified atom stereocenters. The molecule has 3 nitrogen and oxygen atoms in total. The number of benzene rings is 2. The molecule has 7 heteroatoms. The van der Waals surface area contributed by atoms with Crippen molar-refractivity contribution in [3.8, 4) is 11.3 Å². The van der Waals surface area contributed by atoms with E-state index in [9.17, 15) is 4.79 Å². The molecular formula is C20H17BrN2OS3. The van der Waals surface area contributed by atoms with Crippen molar-refractivity contribution in [2.24, 2.45) is 0 Å². The second-order valence-electron chi connectivity index (χ2n) is 6.08. The first-order chi connectivity index (χ1) is 13.1. The first-order valence-electron chi connectivity index (χ1n) is 8.48. The lowest BCUT2D eigenvalue weighted by atomic mass is 10.1. The fourth-order valence-electron chi connectivity index (χ4n) is 2.84. The van der Waals surface area contributed by atoms with Gasteiger partial charge >= 0.3 is 0 Å². The van der Waals surface area contributed by atoms with Gasteiger partial charge in [-0.2, -0.15) is 0 Å². The summed E-state index contributed by atoms with van der Waals surface area (Å²) >= 11 is 8.88. The van der Waals surface area contributed by atoms with E-state index >= 15 is 0 Å². The molecule has 1 saturated heterocycles. The van der Waals surface area contributed by atoms with Crippen LogP contribution in [-0.4, -0.2) is 22.4 Å². The van der Waals surface area contributed by atoms with Crippen molar-refractivity contribution in [3.63, 3.8) is 0 Å². The predicted molar refractivity (Wildman–Crippen MR) is 122 cm³/mol. The van der Waals surface area contributed by atoms with E-state index in [0.717, 1.165) is 20.6 Å². The van der Waals surface area contributed by atoms with Gasteiger partial charge in [-0.3, -0.25) is 10.1 Å². The average Bonchev–Trinajstić information content (AvgIpc) is 3.33. The Hall–Kier alpha value is -1.28. The Kier molecular flexibility index (Phi) is 5.92. The summed E-state index contributed by atoms with van der Waals surface area (Å²) in [4.78, 5) is 18.3. The van der Waals surface area contributed by atoms with Crippen LogP contribution in [0.15, 0.2) is 53.0 Å². The normalized spacial score (nSPS) is 14.4. The lowest BCUT2D eigenvalue weighted by Crippen LogP contribution is -2.11. The maximum Gasteiger partial charge on any atom is 0.257 e. The Balaban J connectivity index is 1.48. The van der Waals surface area contributed by atoms with Gasteiger partial charge in [0.05, 0.1) is 10.3 Å². The second kappa shape index (κ2) is 8.39. The number of nitrogens with one attached hydrogen (secondary N) is 1. The first kappa shape index (κ1) is 19.1. The van der Waals surface area contributed by atoms with E-state index in [1.807, 2.05) is 66.8 Å². The highest BCUT2D eigenvalue weighted by atomic mass is 79.9. The van der Waals surface area contributed by atoms with Crippen LogP contribution in [0.4, 0.5) is 5.13 Å². The van der Waals surface area contributed by atoms with Crippen LogP contribution in [0.1, 0.15) is 25.4 Å². The quantitative estimate of drug-likeness (QED) is 0.459. The molecule has 0 spiro atoms. The lowest BCUT2D eigenvalue weighted by molar-refractivity contribution is 0.102. The van der Waals surface area contributed by atoms with Gasteiger partial charge in [-0.05, 0) is 36.8 Å². The molecule has 27 heavy (non-hydrogen) atoms. The number of thiazole rings is 1. The molecule has 1 aromatic heterocycles. The monoisotopic (exact) mass is 476 g/mol. The van der Waals surface area contributed by atoms with Gasteiger partial charge in [0.25, 0.3) is 5.91 Å². The molecule has 0 saturated carbocycles. The van der Waals surface area contributed by atoms with Gasteiger partial charge in [0.1, 0.15) is 0 Å². The van der Waals surface area contributed by atoms with E-state index in [1.54, 1.807) is 0 Å². The van der Waals surface area contributed by atoms with Gasteiger partial charge in [0.15, 0.2) is 5.13 Å². The summed E-state index contributed by atoms with van der Waals surface area (Å²) in [5.41, 5.74) is 3.89. The molecular weight excluding hydrogens is 460 g/mol. The summed E-state index contributed by atoms with van der Waals surface area (Å²) < 4.78 is 1.53. The number of thioether (sulfide) groups is 2. The summed E-state index contributed by atoms with van der Waals surface area (Å²) in [7, 11) is 0. The van der Waals surface area contributed by atoms with Crippen LogP contribution >= 0.6 is 50.8 Å². The Morgan fingerprint density at radius 3 is 2.41 bits per heavy atom. The minimum absolute atomic E-state index is 0.121. The van der Waals surface area contributed by atoms with Crippen LogP contribution in [0.3, 0.4) is 0 Å². The van der Waals surface area contributed by atoms with E-state index < -0.39 is 0 Å². The zero-order valence-electron chi connectivity index (χ0n) is 14.6. The molecule has 1 amide bonds. The number of hydrogen-bond donors (Lipinski definition) is 1. The number of amides is 1. The number of anilines is 1. The van der Waals surface area contributed by atoms with E-state index in [4.69, 9.17) is 0 Å². The molecule has 0 bridgehead atoms. The minimum Gasteiger partial charge on any atom is -0.298 e. The first-order valence-corrected chi connectivity index (χ1v) is 12.2. The summed E-state index contributed by atoms with van der Waals surface area (Å²) in [6.07, 6.45) is 0. The zero-order chi connectivity index (χ0) is 18.8. The molecule has 0 atom stereocenters. The van der Waals surface area contributed by atoms with Crippen molar-refractivity contribution >= 4 is 61.8 Å². The number of halogens is 1. The van der Waals surface area contributed by atoms with Gasteiger partial charge in [0.2, 0.25) is 0 Å². The van der Waals surface area contributed by atoms with Crippen LogP contribution < -0.4 is 5.32 Å². The third-order valence-electron chi connectivity index (χ3n) is 4.20. The van der Waals surface area contributed by atoms with Crippen molar-refractivity contribution in [1.82, 2.24) is 4.98 Å². The molecule has 0 radical (unpaired) electrons. The van der Waals surface area contributed by atoms with Gasteiger partial charge in [0, 0.05) is 32.0 Å². The maximum atomic E-state index is 12.6. The topological polar surface area (TPSA) is 42.0 Å². The molecule has 1 fully saturated rings. The van der Waals surface area contributed by atoms with Crippen LogP contribution in [-0.2, 0) is 0 Å². The fourth-order valence-corrected chi connectivity index (χ4v) is 6.79. The number of aromatic nitrogens is 1. The molecule has 1 aliphatic rings. The number of carbonyl (C=O) groups excluding carboxylic acids is 1.